The Bertz CT molecular complexity index is 525. The van der Waals surface area contributed by atoms with Gasteiger partial charge in [0, 0.05) is 31.9 Å². The highest BCUT2D eigenvalue weighted by Crippen LogP contribution is 2.15. The van der Waals surface area contributed by atoms with Gasteiger partial charge in [-0.2, -0.15) is 0 Å². The Morgan fingerprint density at radius 3 is 2.30 bits per heavy atom. The molecule has 1 aliphatic rings. The third-order valence-corrected chi connectivity index (χ3v) is 4.19. The van der Waals surface area contributed by atoms with E-state index in [9.17, 15) is 9.59 Å². The maximum Gasteiger partial charge on any atom is 0.242 e. The summed E-state index contributed by atoms with van der Waals surface area (Å²) < 4.78 is 0. The first-order valence-electron chi connectivity index (χ1n) is 8.10. The Hall–Kier alpha value is -2.08. The van der Waals surface area contributed by atoms with Gasteiger partial charge in [-0.25, -0.2) is 0 Å². The first-order chi connectivity index (χ1) is 11.0. The first-order valence-corrected chi connectivity index (χ1v) is 8.10. The van der Waals surface area contributed by atoms with Crippen molar-refractivity contribution in [2.45, 2.75) is 19.9 Å². The molecule has 23 heavy (non-hydrogen) atoms. The van der Waals surface area contributed by atoms with Crippen LogP contribution in [0.3, 0.4) is 0 Å². The molecule has 0 unspecified atom stereocenters. The minimum Gasteiger partial charge on any atom is -0.368 e. The molecule has 6 heteroatoms. The molecule has 1 fully saturated rings. The number of anilines is 1. The van der Waals surface area contributed by atoms with E-state index in [1.54, 1.807) is 4.90 Å². The summed E-state index contributed by atoms with van der Waals surface area (Å²) in [7, 11) is 0. The molecule has 0 spiro atoms. The number of carbonyl (C=O) groups is 2. The predicted molar refractivity (Wildman–Crippen MR) is 91.1 cm³/mol. The summed E-state index contributed by atoms with van der Waals surface area (Å²) in [6.07, 6.45) is 0. The molecule has 1 aromatic rings. The van der Waals surface area contributed by atoms with E-state index in [0.29, 0.717) is 13.1 Å². The molecule has 2 rings (SSSR count). The standard InChI is InChI=1S/C17H26N4O2/c1-13(2)16(18)17(23)19-12-15(22)21-10-8-20(9-11-21)14-6-4-3-5-7-14/h3-7,13,16H,8-12,18H2,1-2H3,(H,19,23)/t16-/m0/s1. The number of benzene rings is 1. The van der Waals surface area contributed by atoms with Crippen LogP contribution in [0.15, 0.2) is 30.3 Å². The van der Waals surface area contributed by atoms with Crippen LogP contribution in [0.4, 0.5) is 5.69 Å². The Labute approximate surface area is 137 Å². The fraction of sp³-hybridized carbons (Fsp3) is 0.529. The molecule has 2 amide bonds. The number of amides is 2. The molecule has 0 radical (unpaired) electrons. The van der Waals surface area contributed by atoms with E-state index in [4.69, 9.17) is 5.73 Å². The third kappa shape index (κ3) is 4.69. The van der Waals surface area contributed by atoms with Crippen LogP contribution in [-0.2, 0) is 9.59 Å². The van der Waals surface area contributed by atoms with Gasteiger partial charge in [0.05, 0.1) is 12.6 Å². The topological polar surface area (TPSA) is 78.7 Å². The molecule has 1 aliphatic heterocycles. The fourth-order valence-electron chi connectivity index (χ4n) is 2.55. The summed E-state index contributed by atoms with van der Waals surface area (Å²) in [6, 6.07) is 9.60. The molecular formula is C17H26N4O2. The number of nitrogens with two attached hydrogens (primary N) is 1. The van der Waals surface area contributed by atoms with Crippen LogP contribution in [-0.4, -0.2) is 55.5 Å². The fourth-order valence-corrected chi connectivity index (χ4v) is 2.55. The summed E-state index contributed by atoms with van der Waals surface area (Å²) in [4.78, 5) is 28.0. The van der Waals surface area contributed by atoms with Gasteiger partial charge in [-0.1, -0.05) is 32.0 Å². The van der Waals surface area contributed by atoms with Gasteiger partial charge in [-0.15, -0.1) is 0 Å². The quantitative estimate of drug-likeness (QED) is 0.825. The lowest BCUT2D eigenvalue weighted by Crippen LogP contribution is -2.52. The van der Waals surface area contributed by atoms with Crippen molar-refractivity contribution in [1.29, 1.82) is 0 Å². The second-order valence-corrected chi connectivity index (χ2v) is 6.19. The molecular weight excluding hydrogens is 292 g/mol. The zero-order valence-corrected chi connectivity index (χ0v) is 13.9. The van der Waals surface area contributed by atoms with Crippen LogP contribution >= 0.6 is 0 Å². The molecule has 0 aliphatic carbocycles. The van der Waals surface area contributed by atoms with Crippen molar-refractivity contribution in [3.63, 3.8) is 0 Å². The first kappa shape index (κ1) is 17.3. The smallest absolute Gasteiger partial charge is 0.242 e. The average Bonchev–Trinajstić information content (AvgIpc) is 2.59. The summed E-state index contributed by atoms with van der Waals surface area (Å²) >= 11 is 0. The van der Waals surface area contributed by atoms with Crippen molar-refractivity contribution < 1.29 is 9.59 Å². The van der Waals surface area contributed by atoms with E-state index in [2.05, 4.69) is 22.3 Å². The van der Waals surface area contributed by atoms with Crippen LogP contribution in [0.5, 0.6) is 0 Å². The molecule has 6 nitrogen and oxygen atoms in total. The molecule has 1 aromatic carbocycles. The molecule has 3 N–H and O–H groups in total. The average molecular weight is 318 g/mol. The second-order valence-electron chi connectivity index (χ2n) is 6.19. The van der Waals surface area contributed by atoms with E-state index < -0.39 is 6.04 Å². The Morgan fingerprint density at radius 1 is 1.13 bits per heavy atom. The molecule has 0 saturated carbocycles. The van der Waals surface area contributed by atoms with Gasteiger partial charge >= 0.3 is 0 Å². The molecule has 126 valence electrons. The van der Waals surface area contributed by atoms with Crippen molar-refractivity contribution in [3.8, 4) is 0 Å². The van der Waals surface area contributed by atoms with Crippen molar-refractivity contribution in [2.75, 3.05) is 37.6 Å². The maximum absolute atomic E-state index is 12.2. The number of nitrogens with zero attached hydrogens (tertiary/aromatic N) is 2. The van der Waals surface area contributed by atoms with Crippen molar-refractivity contribution >= 4 is 17.5 Å². The van der Waals surface area contributed by atoms with E-state index in [1.807, 2.05) is 32.0 Å². The number of hydrogen-bond donors (Lipinski definition) is 2. The van der Waals surface area contributed by atoms with Crippen LogP contribution in [0.25, 0.3) is 0 Å². The zero-order valence-electron chi connectivity index (χ0n) is 13.9. The van der Waals surface area contributed by atoms with Crippen LogP contribution in [0.2, 0.25) is 0 Å². The number of rotatable bonds is 5. The third-order valence-electron chi connectivity index (χ3n) is 4.19. The maximum atomic E-state index is 12.2. The molecule has 0 bridgehead atoms. The highest BCUT2D eigenvalue weighted by molar-refractivity contribution is 5.87. The number of para-hydroxylation sites is 1. The summed E-state index contributed by atoms with van der Waals surface area (Å²) in [5.41, 5.74) is 6.94. The largest absolute Gasteiger partial charge is 0.368 e. The van der Waals surface area contributed by atoms with Crippen LogP contribution < -0.4 is 16.0 Å². The summed E-state index contributed by atoms with van der Waals surface area (Å²) in [5.74, 6) is -0.266. The molecule has 1 saturated heterocycles. The number of hydrogen-bond acceptors (Lipinski definition) is 4. The number of piperazine rings is 1. The van der Waals surface area contributed by atoms with Gasteiger partial charge in [0.15, 0.2) is 0 Å². The van der Waals surface area contributed by atoms with Gasteiger partial charge < -0.3 is 20.9 Å². The minimum atomic E-state index is -0.572. The van der Waals surface area contributed by atoms with Gasteiger partial charge in [0.25, 0.3) is 0 Å². The highest BCUT2D eigenvalue weighted by atomic mass is 16.2. The van der Waals surface area contributed by atoms with Gasteiger partial charge in [-0.05, 0) is 18.1 Å². The summed E-state index contributed by atoms with van der Waals surface area (Å²) in [6.45, 7) is 6.72. The number of carbonyl (C=O) groups excluding carboxylic acids is 2. The minimum absolute atomic E-state index is 0.0184. The van der Waals surface area contributed by atoms with E-state index in [1.165, 1.54) is 5.69 Å². The normalized spacial score (nSPS) is 16.3. The summed E-state index contributed by atoms with van der Waals surface area (Å²) in [5, 5.41) is 2.63. The predicted octanol–water partition coefficient (Wildman–Crippen LogP) is 0.435. The van der Waals surface area contributed by atoms with Gasteiger partial charge in [0.1, 0.15) is 0 Å². The Morgan fingerprint density at radius 2 is 1.74 bits per heavy atom. The van der Waals surface area contributed by atoms with Crippen LogP contribution in [0, 0.1) is 5.92 Å². The van der Waals surface area contributed by atoms with E-state index in [0.717, 1.165) is 13.1 Å². The molecule has 0 aromatic heterocycles. The van der Waals surface area contributed by atoms with Crippen LogP contribution in [0.1, 0.15) is 13.8 Å². The highest BCUT2D eigenvalue weighted by Gasteiger charge is 2.23. The molecule has 1 atom stereocenters. The van der Waals surface area contributed by atoms with Gasteiger partial charge in [-0.3, -0.25) is 9.59 Å². The Balaban J connectivity index is 1.77. The zero-order chi connectivity index (χ0) is 16.8. The van der Waals surface area contributed by atoms with Gasteiger partial charge in [0.2, 0.25) is 11.8 Å². The van der Waals surface area contributed by atoms with Crippen molar-refractivity contribution in [3.05, 3.63) is 30.3 Å². The van der Waals surface area contributed by atoms with Crippen molar-refractivity contribution in [2.24, 2.45) is 11.7 Å². The second kappa shape index (κ2) is 7.97. The monoisotopic (exact) mass is 318 g/mol. The van der Waals surface area contributed by atoms with Crippen molar-refractivity contribution in [1.82, 2.24) is 10.2 Å². The lowest BCUT2D eigenvalue weighted by Gasteiger charge is -2.36. The SMILES string of the molecule is CC(C)[C@H](N)C(=O)NCC(=O)N1CCN(c2ccccc2)CC1. The van der Waals surface area contributed by atoms with E-state index in [-0.39, 0.29) is 24.3 Å². The molecule has 1 heterocycles. The lowest BCUT2D eigenvalue weighted by atomic mass is 10.1. The number of nitrogens with one attached hydrogen (secondary N) is 1. The van der Waals surface area contributed by atoms with E-state index >= 15 is 0 Å². The Kier molecular flexibility index (Phi) is 5.98. The lowest BCUT2D eigenvalue weighted by molar-refractivity contribution is -0.133.